The van der Waals surface area contributed by atoms with Gasteiger partial charge in [-0.3, -0.25) is 0 Å². The minimum atomic E-state index is 0.292. The van der Waals surface area contributed by atoms with Gasteiger partial charge in [0.15, 0.2) is 0 Å². The molecule has 2 bridgehead atoms. The maximum Gasteiger partial charge on any atom is 0.0500 e. The summed E-state index contributed by atoms with van der Waals surface area (Å²) in [6.07, 6.45) is 8.32. The molecule has 0 aliphatic heterocycles. The van der Waals surface area contributed by atoms with Crippen molar-refractivity contribution in [2.24, 2.45) is 17.8 Å². The zero-order chi connectivity index (χ0) is 11.4. The van der Waals surface area contributed by atoms with Crippen LogP contribution in [0.4, 0.5) is 0 Å². The van der Waals surface area contributed by atoms with Gasteiger partial charge in [0, 0.05) is 19.8 Å². The lowest BCUT2D eigenvalue weighted by atomic mass is 9.85. The summed E-state index contributed by atoms with van der Waals surface area (Å²) in [5.41, 5.74) is 1.68. The average Bonchev–Trinajstić information content (AvgIpc) is 2.87. The fourth-order valence-corrected chi connectivity index (χ4v) is 3.41. The minimum absolute atomic E-state index is 0.292. The van der Waals surface area contributed by atoms with Gasteiger partial charge in [-0.2, -0.15) is 0 Å². The molecule has 2 fully saturated rings. The molecule has 2 aliphatic carbocycles. The molecule has 1 N–H and O–H groups in total. The molecule has 0 amide bonds. The van der Waals surface area contributed by atoms with Gasteiger partial charge in [0.05, 0.1) is 0 Å². The van der Waals surface area contributed by atoms with Crippen molar-refractivity contribution in [1.82, 2.24) is 0 Å². The van der Waals surface area contributed by atoms with Crippen molar-refractivity contribution in [2.75, 3.05) is 19.8 Å². The summed E-state index contributed by atoms with van der Waals surface area (Å²) in [6, 6.07) is 0. The Morgan fingerprint density at radius 3 is 2.94 bits per heavy atom. The van der Waals surface area contributed by atoms with Crippen LogP contribution in [0.5, 0.6) is 0 Å². The highest BCUT2D eigenvalue weighted by atomic mass is 16.5. The highest BCUT2D eigenvalue weighted by Gasteiger charge is 2.42. The highest BCUT2D eigenvalue weighted by Crippen LogP contribution is 2.51. The lowest BCUT2D eigenvalue weighted by Crippen LogP contribution is -2.19. The van der Waals surface area contributed by atoms with E-state index in [1.54, 1.807) is 5.57 Å². The van der Waals surface area contributed by atoms with Crippen molar-refractivity contribution >= 4 is 0 Å². The van der Waals surface area contributed by atoms with Crippen molar-refractivity contribution in [1.29, 1.82) is 0 Å². The van der Waals surface area contributed by atoms with Gasteiger partial charge < -0.3 is 9.84 Å². The Kier molecular flexibility index (Phi) is 4.42. The van der Waals surface area contributed by atoms with Gasteiger partial charge in [0.2, 0.25) is 0 Å². The summed E-state index contributed by atoms with van der Waals surface area (Å²) in [5, 5.41) is 8.67. The normalized spacial score (nSPS) is 35.1. The van der Waals surface area contributed by atoms with Gasteiger partial charge in [-0.15, -0.1) is 0 Å². The molecule has 0 spiro atoms. The van der Waals surface area contributed by atoms with Crippen LogP contribution in [-0.2, 0) is 4.74 Å². The second-order valence-corrected chi connectivity index (χ2v) is 5.28. The van der Waals surface area contributed by atoms with Crippen molar-refractivity contribution in [2.45, 2.75) is 39.0 Å². The Morgan fingerprint density at radius 1 is 1.38 bits per heavy atom. The van der Waals surface area contributed by atoms with E-state index < -0.39 is 0 Å². The molecule has 0 heterocycles. The number of hydrogen-bond acceptors (Lipinski definition) is 2. The van der Waals surface area contributed by atoms with Crippen LogP contribution in [-0.4, -0.2) is 24.9 Å². The standard InChI is InChI=1S/C14H24O2/c1-2-12-7-11-8-13(14(12)9-11)10-16-6-4-3-5-15/h2,11,13-15H,3-10H2,1H3. The van der Waals surface area contributed by atoms with Crippen molar-refractivity contribution in [3.8, 4) is 0 Å². The smallest absolute Gasteiger partial charge is 0.0500 e. The minimum Gasteiger partial charge on any atom is -0.396 e. The van der Waals surface area contributed by atoms with Crippen LogP contribution < -0.4 is 0 Å². The molecule has 92 valence electrons. The van der Waals surface area contributed by atoms with E-state index in [0.717, 1.165) is 43.8 Å². The molecular weight excluding hydrogens is 200 g/mol. The molecule has 3 unspecified atom stereocenters. The van der Waals surface area contributed by atoms with E-state index >= 15 is 0 Å². The fraction of sp³-hybridized carbons (Fsp3) is 0.857. The predicted molar refractivity (Wildman–Crippen MR) is 65.2 cm³/mol. The summed E-state index contributed by atoms with van der Waals surface area (Å²) in [6.45, 7) is 4.22. The third kappa shape index (κ3) is 2.67. The van der Waals surface area contributed by atoms with Crippen molar-refractivity contribution < 1.29 is 9.84 Å². The zero-order valence-corrected chi connectivity index (χ0v) is 10.3. The van der Waals surface area contributed by atoms with E-state index in [0.29, 0.717) is 6.61 Å². The number of aliphatic hydroxyl groups is 1. The van der Waals surface area contributed by atoms with Crippen LogP contribution in [0.25, 0.3) is 0 Å². The number of allylic oxidation sites excluding steroid dienone is 2. The molecule has 2 aliphatic rings. The van der Waals surface area contributed by atoms with E-state index in [4.69, 9.17) is 9.84 Å². The molecular formula is C14H24O2. The Labute approximate surface area is 98.7 Å². The lowest BCUT2D eigenvalue weighted by Gasteiger charge is -2.24. The van der Waals surface area contributed by atoms with E-state index in [2.05, 4.69) is 13.0 Å². The van der Waals surface area contributed by atoms with E-state index in [-0.39, 0.29) is 0 Å². The van der Waals surface area contributed by atoms with Crippen LogP contribution in [0.3, 0.4) is 0 Å². The van der Waals surface area contributed by atoms with Crippen LogP contribution in [0.15, 0.2) is 11.6 Å². The second kappa shape index (κ2) is 5.83. The predicted octanol–water partition coefficient (Wildman–Crippen LogP) is 2.77. The number of hydrogen-bond donors (Lipinski definition) is 1. The summed E-state index contributed by atoms with van der Waals surface area (Å²) in [5.74, 6) is 2.55. The monoisotopic (exact) mass is 224 g/mol. The fourth-order valence-electron chi connectivity index (χ4n) is 3.41. The molecule has 0 aromatic carbocycles. The first kappa shape index (κ1) is 12.1. The quantitative estimate of drug-likeness (QED) is 0.555. The first-order valence-corrected chi connectivity index (χ1v) is 6.68. The van der Waals surface area contributed by atoms with Gasteiger partial charge in [0.1, 0.15) is 0 Å². The molecule has 0 saturated heterocycles. The maximum atomic E-state index is 8.67. The average molecular weight is 224 g/mol. The van der Waals surface area contributed by atoms with Crippen LogP contribution in [0.1, 0.15) is 39.0 Å². The molecule has 2 saturated carbocycles. The second-order valence-electron chi connectivity index (χ2n) is 5.28. The van der Waals surface area contributed by atoms with E-state index in [1.165, 1.54) is 19.3 Å². The molecule has 3 atom stereocenters. The summed E-state index contributed by atoms with van der Waals surface area (Å²) in [7, 11) is 0. The third-order valence-corrected chi connectivity index (χ3v) is 4.19. The molecule has 2 rings (SSSR count). The van der Waals surface area contributed by atoms with Gasteiger partial charge in [-0.25, -0.2) is 0 Å². The molecule has 16 heavy (non-hydrogen) atoms. The Balaban J connectivity index is 1.68. The van der Waals surface area contributed by atoms with Gasteiger partial charge >= 0.3 is 0 Å². The Hall–Kier alpha value is -0.340. The molecule has 0 aromatic rings. The van der Waals surface area contributed by atoms with Gasteiger partial charge in [0.25, 0.3) is 0 Å². The summed E-state index contributed by atoms with van der Waals surface area (Å²) < 4.78 is 5.73. The summed E-state index contributed by atoms with van der Waals surface area (Å²) >= 11 is 0. The van der Waals surface area contributed by atoms with Crippen molar-refractivity contribution in [3.05, 3.63) is 11.6 Å². The number of aliphatic hydroxyl groups excluding tert-OH is 1. The Bertz CT molecular complexity index is 247. The Morgan fingerprint density at radius 2 is 2.25 bits per heavy atom. The van der Waals surface area contributed by atoms with Crippen LogP contribution in [0, 0.1) is 17.8 Å². The summed E-state index contributed by atoms with van der Waals surface area (Å²) in [4.78, 5) is 0. The third-order valence-electron chi connectivity index (χ3n) is 4.19. The number of unbranched alkanes of at least 4 members (excludes halogenated alkanes) is 1. The van der Waals surface area contributed by atoms with Crippen LogP contribution in [0.2, 0.25) is 0 Å². The van der Waals surface area contributed by atoms with Crippen LogP contribution >= 0.6 is 0 Å². The lowest BCUT2D eigenvalue weighted by molar-refractivity contribution is 0.0812. The van der Waals surface area contributed by atoms with Gasteiger partial charge in [-0.05, 0) is 56.8 Å². The first-order chi connectivity index (χ1) is 7.85. The topological polar surface area (TPSA) is 29.5 Å². The molecule has 0 aromatic heterocycles. The first-order valence-electron chi connectivity index (χ1n) is 6.68. The largest absolute Gasteiger partial charge is 0.396 e. The van der Waals surface area contributed by atoms with Crippen molar-refractivity contribution in [3.63, 3.8) is 0 Å². The number of rotatable bonds is 6. The molecule has 2 nitrogen and oxygen atoms in total. The zero-order valence-electron chi connectivity index (χ0n) is 10.3. The number of ether oxygens (including phenoxy) is 1. The van der Waals surface area contributed by atoms with E-state index in [1.807, 2.05) is 0 Å². The maximum absolute atomic E-state index is 8.67. The van der Waals surface area contributed by atoms with E-state index in [9.17, 15) is 0 Å². The number of fused-ring (bicyclic) bond motifs is 2. The SMILES string of the molecule is CC=C1CC2CC(COCCCCO)C1C2. The highest BCUT2D eigenvalue weighted by molar-refractivity contribution is 5.18. The van der Waals surface area contributed by atoms with Gasteiger partial charge in [-0.1, -0.05) is 11.6 Å². The molecule has 0 radical (unpaired) electrons. The molecule has 2 heteroatoms.